The van der Waals surface area contributed by atoms with Gasteiger partial charge in [0.1, 0.15) is 12.2 Å². The van der Waals surface area contributed by atoms with Crippen LogP contribution in [0.5, 0.6) is 11.5 Å². The molecule has 3 atom stereocenters. The van der Waals surface area contributed by atoms with Gasteiger partial charge in [-0.3, -0.25) is 9.59 Å². The van der Waals surface area contributed by atoms with E-state index >= 15 is 0 Å². The molecule has 2 aromatic carbocycles. The Labute approximate surface area is 236 Å². The van der Waals surface area contributed by atoms with E-state index in [1.165, 1.54) is 7.11 Å². The number of rotatable bonds is 11. The van der Waals surface area contributed by atoms with Crippen molar-refractivity contribution >= 4 is 34.4 Å². The zero-order valence-electron chi connectivity index (χ0n) is 21.8. The summed E-state index contributed by atoms with van der Waals surface area (Å²) in [6, 6.07) is 12.1. The fourth-order valence-electron chi connectivity index (χ4n) is 4.36. The van der Waals surface area contributed by atoms with Crippen molar-refractivity contribution in [3.63, 3.8) is 0 Å². The highest BCUT2D eigenvalue weighted by Crippen LogP contribution is 2.37. The van der Waals surface area contributed by atoms with Crippen molar-refractivity contribution in [1.29, 1.82) is 0 Å². The summed E-state index contributed by atoms with van der Waals surface area (Å²) in [7, 11) is 1.48. The van der Waals surface area contributed by atoms with Gasteiger partial charge in [0, 0.05) is 31.0 Å². The lowest BCUT2D eigenvalue weighted by molar-refractivity contribution is -0.142. The van der Waals surface area contributed by atoms with Crippen LogP contribution in [0.15, 0.2) is 54.1 Å². The molecule has 2 amide bonds. The van der Waals surface area contributed by atoms with Gasteiger partial charge in [-0.1, -0.05) is 44.2 Å². The number of ether oxygens (including phenoxy) is 2. The van der Waals surface area contributed by atoms with Gasteiger partial charge in [-0.25, -0.2) is 0 Å². The normalized spacial score (nSPS) is 19.1. The summed E-state index contributed by atoms with van der Waals surface area (Å²) in [4.78, 5) is 28.0. The molecule has 4 N–H and O–H groups in total. The molecule has 1 aliphatic carbocycles. The van der Waals surface area contributed by atoms with Gasteiger partial charge in [-0.2, -0.15) is 0 Å². The molecule has 0 saturated heterocycles. The Hall–Kier alpha value is -2.67. The molecule has 9 nitrogen and oxygen atoms in total. The Bertz CT molecular complexity index is 1140. The summed E-state index contributed by atoms with van der Waals surface area (Å²) < 4.78 is 12.4. The van der Waals surface area contributed by atoms with Crippen LogP contribution in [0.1, 0.15) is 31.4 Å². The molecule has 206 valence electrons. The largest absolute Gasteiger partial charge is 0.493 e. The second-order valence-electron chi connectivity index (χ2n) is 9.39. The number of halogens is 1. The first-order valence-electron chi connectivity index (χ1n) is 12.5. The third-order valence-electron chi connectivity index (χ3n) is 6.31. The van der Waals surface area contributed by atoms with E-state index in [0.29, 0.717) is 26.2 Å². The van der Waals surface area contributed by atoms with Gasteiger partial charge in [0.25, 0.3) is 0 Å². The minimum absolute atomic E-state index is 0.0713. The lowest BCUT2D eigenvalue weighted by Gasteiger charge is -2.41. The average Bonchev–Trinajstić information content (AvgIpc) is 2.92. The zero-order chi connectivity index (χ0) is 27.8. The number of nitrogens with one attached hydrogen (secondary N) is 1. The summed E-state index contributed by atoms with van der Waals surface area (Å²) in [6.45, 7) is 3.52. The standard InChI is InChI=1S/C28H35IN2O7/c1-17(2)28(36)31(15-18-7-5-4-6-8-18)22-13-20(27(35)30-9-10-32)14-23(25(22)34)38-26-21(29)11-19(16-33)12-24(26)37-3/h4-8,11-12,14,17,22-23,25,32-34H,9-10,13,15-16H2,1-3H3,(H,30,35). The molecule has 0 aliphatic heterocycles. The number of methoxy groups -OCH3 is 1. The highest BCUT2D eigenvalue weighted by atomic mass is 127. The monoisotopic (exact) mass is 638 g/mol. The molecule has 0 saturated carbocycles. The molecule has 10 heteroatoms. The number of aliphatic hydroxyl groups is 3. The average molecular weight is 638 g/mol. The van der Waals surface area contributed by atoms with Crippen LogP contribution in [0.2, 0.25) is 0 Å². The Morgan fingerprint density at radius 2 is 1.87 bits per heavy atom. The fourth-order valence-corrected chi connectivity index (χ4v) is 5.16. The zero-order valence-corrected chi connectivity index (χ0v) is 23.9. The van der Waals surface area contributed by atoms with Gasteiger partial charge in [-0.05, 0) is 51.9 Å². The van der Waals surface area contributed by atoms with Gasteiger partial charge in [0.15, 0.2) is 11.5 Å². The molecule has 0 aromatic heterocycles. The van der Waals surface area contributed by atoms with Crippen molar-refractivity contribution in [1.82, 2.24) is 10.2 Å². The van der Waals surface area contributed by atoms with E-state index in [1.54, 1.807) is 37.0 Å². The summed E-state index contributed by atoms with van der Waals surface area (Å²) in [5.74, 6) is -0.179. The summed E-state index contributed by atoms with van der Waals surface area (Å²) in [5.41, 5.74) is 1.87. The second-order valence-corrected chi connectivity index (χ2v) is 10.6. The fraction of sp³-hybridized carbons (Fsp3) is 0.429. The highest BCUT2D eigenvalue weighted by molar-refractivity contribution is 14.1. The van der Waals surface area contributed by atoms with Crippen molar-refractivity contribution in [2.75, 3.05) is 20.3 Å². The van der Waals surface area contributed by atoms with Crippen LogP contribution in [0.25, 0.3) is 0 Å². The molecule has 2 aromatic rings. The first-order chi connectivity index (χ1) is 18.2. The minimum Gasteiger partial charge on any atom is -0.493 e. The highest BCUT2D eigenvalue weighted by Gasteiger charge is 2.41. The summed E-state index contributed by atoms with van der Waals surface area (Å²) >= 11 is 2.06. The second kappa shape index (κ2) is 13.9. The molecule has 0 spiro atoms. The first-order valence-corrected chi connectivity index (χ1v) is 13.5. The molecule has 3 unspecified atom stereocenters. The van der Waals surface area contributed by atoms with Crippen molar-refractivity contribution in [2.45, 2.75) is 51.7 Å². The number of benzene rings is 2. The van der Waals surface area contributed by atoms with Crippen LogP contribution < -0.4 is 14.8 Å². The summed E-state index contributed by atoms with van der Waals surface area (Å²) in [5, 5.41) is 33.0. The first kappa shape index (κ1) is 29.9. The maximum atomic E-state index is 13.4. The Morgan fingerprint density at radius 3 is 2.47 bits per heavy atom. The van der Waals surface area contributed by atoms with Crippen LogP contribution in [-0.4, -0.2) is 70.5 Å². The van der Waals surface area contributed by atoms with Crippen molar-refractivity contribution in [3.8, 4) is 11.5 Å². The molecule has 0 radical (unpaired) electrons. The lowest BCUT2D eigenvalue weighted by Crippen LogP contribution is -2.55. The van der Waals surface area contributed by atoms with Crippen LogP contribution >= 0.6 is 22.6 Å². The van der Waals surface area contributed by atoms with Crippen LogP contribution in [0.4, 0.5) is 0 Å². The van der Waals surface area contributed by atoms with Gasteiger partial charge >= 0.3 is 0 Å². The van der Waals surface area contributed by atoms with Gasteiger partial charge < -0.3 is 35.0 Å². The molecule has 0 bridgehead atoms. The van der Waals surface area contributed by atoms with E-state index in [1.807, 2.05) is 30.3 Å². The van der Waals surface area contributed by atoms with Crippen LogP contribution in [0, 0.1) is 9.49 Å². The smallest absolute Gasteiger partial charge is 0.247 e. The lowest BCUT2D eigenvalue weighted by atomic mass is 9.87. The minimum atomic E-state index is -1.16. The summed E-state index contributed by atoms with van der Waals surface area (Å²) in [6.07, 6.45) is -0.469. The topological polar surface area (TPSA) is 129 Å². The van der Waals surface area contributed by atoms with Crippen molar-refractivity contribution < 1.29 is 34.4 Å². The van der Waals surface area contributed by atoms with E-state index in [0.717, 1.165) is 5.56 Å². The predicted molar refractivity (Wildman–Crippen MR) is 150 cm³/mol. The number of carbonyl (C=O) groups excluding carboxylic acids is 2. The van der Waals surface area contributed by atoms with E-state index in [9.17, 15) is 24.9 Å². The van der Waals surface area contributed by atoms with E-state index in [2.05, 4.69) is 27.9 Å². The number of carbonyl (C=O) groups is 2. The molecule has 0 heterocycles. The Balaban J connectivity index is 2.03. The van der Waals surface area contributed by atoms with E-state index in [4.69, 9.17) is 9.47 Å². The van der Waals surface area contributed by atoms with Crippen molar-refractivity contribution in [3.05, 3.63) is 68.8 Å². The van der Waals surface area contributed by atoms with Gasteiger partial charge in [-0.15, -0.1) is 0 Å². The molecule has 1 aliphatic rings. The van der Waals surface area contributed by atoms with E-state index < -0.39 is 24.2 Å². The van der Waals surface area contributed by atoms with Crippen LogP contribution in [-0.2, 0) is 22.7 Å². The number of amides is 2. The number of hydrogen-bond donors (Lipinski definition) is 4. The molecule has 38 heavy (non-hydrogen) atoms. The molecule has 3 rings (SSSR count). The van der Waals surface area contributed by atoms with Gasteiger partial charge in [0.2, 0.25) is 11.8 Å². The van der Waals surface area contributed by atoms with Gasteiger partial charge in [0.05, 0.1) is 29.9 Å². The predicted octanol–water partition coefficient (Wildman–Crippen LogP) is 2.39. The number of aliphatic hydroxyl groups excluding tert-OH is 3. The molecular formula is C28H35IN2O7. The van der Waals surface area contributed by atoms with E-state index in [-0.39, 0.29) is 44.5 Å². The quantitative estimate of drug-likeness (QED) is 0.279. The Morgan fingerprint density at radius 1 is 1.16 bits per heavy atom. The van der Waals surface area contributed by atoms with Crippen molar-refractivity contribution in [2.24, 2.45) is 5.92 Å². The Kier molecular flexibility index (Phi) is 11.0. The number of nitrogens with zero attached hydrogens (tertiary/aromatic N) is 1. The third-order valence-corrected chi connectivity index (χ3v) is 7.11. The number of hydrogen-bond acceptors (Lipinski definition) is 7. The van der Waals surface area contributed by atoms with Crippen LogP contribution in [0.3, 0.4) is 0 Å². The maximum Gasteiger partial charge on any atom is 0.247 e. The maximum absolute atomic E-state index is 13.4. The SMILES string of the molecule is COc1cc(CO)cc(I)c1OC1C=C(C(=O)NCCO)CC(N(Cc2ccccc2)C(=O)C(C)C)C1O. The molecular weight excluding hydrogens is 603 g/mol. The third kappa shape index (κ3) is 7.25. The molecule has 0 fully saturated rings.